The van der Waals surface area contributed by atoms with E-state index in [9.17, 15) is 0 Å². The molecule has 3 aromatic rings. The highest BCUT2D eigenvalue weighted by Crippen LogP contribution is 1.98. The molecule has 0 unspecified atom stereocenters. The number of benzene rings is 3. The van der Waals surface area contributed by atoms with E-state index < -0.39 is 0 Å². The minimum Gasteiger partial charge on any atom is -0.251 e. The molecule has 0 heterocycles. The molecular weight excluding hydrogens is 332 g/mol. The molecule has 0 aliphatic carbocycles. The third-order valence-corrected chi connectivity index (χ3v) is 2.41. The Kier molecular flexibility index (Phi) is 34.1. The van der Waals surface area contributed by atoms with Gasteiger partial charge in [0.2, 0.25) is 0 Å². The van der Waals surface area contributed by atoms with Gasteiger partial charge in [0.05, 0.1) is 0 Å². The molecule has 0 atom stereocenters. The van der Waals surface area contributed by atoms with Crippen molar-refractivity contribution in [2.24, 2.45) is 0 Å². The van der Waals surface area contributed by atoms with Crippen LogP contribution in [-0.4, -0.2) is 5.26 Å². The van der Waals surface area contributed by atoms with Crippen LogP contribution in [0.3, 0.4) is 0 Å². The van der Waals surface area contributed by atoms with Crippen molar-refractivity contribution in [1.82, 2.24) is 0 Å². The molecule has 3 aromatic carbocycles. The van der Waals surface area contributed by atoms with Crippen LogP contribution in [-0.2, 0) is 11.5 Å². The Balaban J connectivity index is -0.000000286. The van der Waals surface area contributed by atoms with E-state index in [4.69, 9.17) is 5.26 Å². The summed E-state index contributed by atoms with van der Waals surface area (Å²) in [6, 6.07) is 33.5. The molecular formula is C25H38O2. The molecule has 0 fully saturated rings. The van der Waals surface area contributed by atoms with Gasteiger partial charge in [-0.1, -0.05) is 145 Å². The first-order chi connectivity index (χ1) is 13.4. The molecule has 3 rings (SSSR count). The van der Waals surface area contributed by atoms with Crippen molar-refractivity contribution in [3.05, 3.63) is 109 Å². The molecule has 1 N–H and O–H groups in total. The van der Waals surface area contributed by atoms with Crippen molar-refractivity contribution < 1.29 is 10.1 Å². The maximum absolute atomic E-state index is 8.02. The van der Waals surface area contributed by atoms with E-state index in [1.54, 1.807) is 0 Å². The van der Waals surface area contributed by atoms with E-state index in [0.717, 1.165) is 5.56 Å². The summed E-state index contributed by atoms with van der Waals surface area (Å²) < 4.78 is 0. The Bertz CT molecular complexity index is 440. The third kappa shape index (κ3) is 25.9. The van der Waals surface area contributed by atoms with E-state index in [2.05, 4.69) is 4.89 Å². The maximum atomic E-state index is 8.02. The van der Waals surface area contributed by atoms with Gasteiger partial charge in [-0.05, 0) is 5.56 Å². The Hall–Kier alpha value is -2.42. The van der Waals surface area contributed by atoms with Gasteiger partial charge in [0, 0.05) is 0 Å². The predicted molar refractivity (Wildman–Crippen MR) is 121 cm³/mol. The molecule has 2 nitrogen and oxygen atoms in total. The topological polar surface area (TPSA) is 29.5 Å². The largest absolute Gasteiger partial charge is 0.251 e. The zero-order chi connectivity index (χ0) is 21.0. The minimum absolute atomic E-state index is 0.265. The Labute approximate surface area is 167 Å². The molecule has 0 aliphatic rings. The van der Waals surface area contributed by atoms with Crippen molar-refractivity contribution in [1.29, 1.82) is 0 Å². The first kappa shape index (κ1) is 29.3. The summed E-state index contributed by atoms with van der Waals surface area (Å²) in [5, 5.41) is 8.02. The monoisotopic (exact) mass is 370 g/mol. The molecule has 2 heteroatoms. The van der Waals surface area contributed by atoms with Gasteiger partial charge in [0.25, 0.3) is 0 Å². The van der Waals surface area contributed by atoms with Crippen molar-refractivity contribution >= 4 is 0 Å². The van der Waals surface area contributed by atoms with Crippen molar-refractivity contribution in [2.45, 2.75) is 48.1 Å². The molecule has 0 bridgehead atoms. The Morgan fingerprint density at radius 3 is 0.926 bits per heavy atom. The van der Waals surface area contributed by atoms with Crippen LogP contribution in [0, 0.1) is 0 Å². The lowest BCUT2D eigenvalue weighted by Gasteiger charge is -1.93. The highest BCUT2D eigenvalue weighted by atomic mass is 17.1. The van der Waals surface area contributed by atoms with Gasteiger partial charge in [-0.3, -0.25) is 5.26 Å². The van der Waals surface area contributed by atoms with Crippen LogP contribution in [0.5, 0.6) is 0 Å². The fraction of sp³-hybridized carbons (Fsp3) is 0.280. The van der Waals surface area contributed by atoms with Crippen LogP contribution in [0.4, 0.5) is 0 Å². The molecule has 0 saturated carbocycles. The summed E-state index contributed by atoms with van der Waals surface area (Å²) in [6.45, 7) is 12.3. The smallest absolute Gasteiger partial charge is 0.107 e. The minimum atomic E-state index is 0.265. The van der Waals surface area contributed by atoms with Crippen LogP contribution in [0.15, 0.2) is 103 Å². The van der Waals surface area contributed by atoms with Crippen LogP contribution in [0.1, 0.15) is 47.1 Å². The molecule has 0 radical (unpaired) electrons. The summed E-state index contributed by atoms with van der Waals surface area (Å²) in [4.78, 5) is 3.93. The van der Waals surface area contributed by atoms with E-state index in [1.165, 1.54) is 0 Å². The summed E-state index contributed by atoms with van der Waals surface area (Å²) in [5.41, 5.74) is 0.972. The van der Waals surface area contributed by atoms with Crippen LogP contribution < -0.4 is 0 Å². The second-order valence-corrected chi connectivity index (χ2v) is 4.07. The summed E-state index contributed by atoms with van der Waals surface area (Å²) in [7, 11) is 0. The second-order valence-electron chi connectivity index (χ2n) is 4.07. The lowest BCUT2D eigenvalue weighted by atomic mass is 10.2. The fourth-order valence-corrected chi connectivity index (χ4v) is 1.42. The first-order valence-corrected chi connectivity index (χ1v) is 9.74. The van der Waals surface area contributed by atoms with E-state index >= 15 is 0 Å². The Morgan fingerprint density at radius 2 is 0.704 bits per heavy atom. The van der Waals surface area contributed by atoms with E-state index in [0.29, 0.717) is 0 Å². The molecule has 0 aromatic heterocycles. The normalized spacial score (nSPS) is 7.37. The van der Waals surface area contributed by atoms with Gasteiger partial charge in [-0.25, -0.2) is 4.89 Å². The molecule has 0 aliphatic heterocycles. The van der Waals surface area contributed by atoms with Crippen molar-refractivity contribution in [3.8, 4) is 0 Å². The molecule has 0 amide bonds. The standard InChI is InChI=1S/C7H8O2.2C6H6.3C2H6/c8-9-6-7-4-2-1-3-5-7;2*1-2-4-6-5-3-1;3*1-2/h1-5,8H,6H2;2*1-6H;3*1-2H3. The fourth-order valence-electron chi connectivity index (χ4n) is 1.42. The molecule has 0 saturated heterocycles. The predicted octanol–water partition coefficient (Wildman–Crippen LogP) is 8.13. The molecule has 150 valence electrons. The Morgan fingerprint density at radius 1 is 0.481 bits per heavy atom. The zero-order valence-electron chi connectivity index (χ0n) is 17.9. The third-order valence-electron chi connectivity index (χ3n) is 2.41. The SMILES string of the molecule is CC.CC.CC.OOCc1ccccc1.c1ccccc1.c1ccccc1. The number of hydrogen-bond acceptors (Lipinski definition) is 2. The maximum Gasteiger partial charge on any atom is 0.107 e. The van der Waals surface area contributed by atoms with Gasteiger partial charge in [-0.2, -0.15) is 0 Å². The average Bonchev–Trinajstić information content (AvgIpc) is 2.82. The summed E-state index contributed by atoms with van der Waals surface area (Å²) in [6.07, 6.45) is 0. The first-order valence-electron chi connectivity index (χ1n) is 9.74. The van der Waals surface area contributed by atoms with E-state index in [1.807, 2.05) is 145 Å². The van der Waals surface area contributed by atoms with E-state index in [-0.39, 0.29) is 6.61 Å². The van der Waals surface area contributed by atoms with Gasteiger partial charge >= 0.3 is 0 Å². The second kappa shape index (κ2) is 31.4. The number of rotatable bonds is 2. The zero-order valence-corrected chi connectivity index (χ0v) is 17.9. The molecule has 27 heavy (non-hydrogen) atoms. The van der Waals surface area contributed by atoms with Gasteiger partial charge < -0.3 is 0 Å². The summed E-state index contributed by atoms with van der Waals surface area (Å²) in [5.74, 6) is 0. The van der Waals surface area contributed by atoms with Gasteiger partial charge in [0.1, 0.15) is 6.61 Å². The highest BCUT2D eigenvalue weighted by Gasteiger charge is 1.86. The van der Waals surface area contributed by atoms with Crippen LogP contribution >= 0.6 is 0 Å². The van der Waals surface area contributed by atoms with Gasteiger partial charge in [-0.15, -0.1) is 0 Å². The van der Waals surface area contributed by atoms with Gasteiger partial charge in [0.15, 0.2) is 0 Å². The lowest BCUT2D eigenvalue weighted by Crippen LogP contribution is -1.84. The lowest BCUT2D eigenvalue weighted by molar-refractivity contribution is -0.253. The van der Waals surface area contributed by atoms with Crippen LogP contribution in [0.25, 0.3) is 0 Å². The average molecular weight is 371 g/mol. The number of hydrogen-bond donors (Lipinski definition) is 1. The molecule has 0 spiro atoms. The quantitative estimate of drug-likeness (QED) is 0.364. The van der Waals surface area contributed by atoms with Crippen LogP contribution in [0.2, 0.25) is 0 Å². The van der Waals surface area contributed by atoms with Crippen molar-refractivity contribution in [3.63, 3.8) is 0 Å². The summed E-state index contributed by atoms with van der Waals surface area (Å²) >= 11 is 0. The highest BCUT2D eigenvalue weighted by molar-refractivity contribution is 5.13. The van der Waals surface area contributed by atoms with Crippen molar-refractivity contribution in [2.75, 3.05) is 0 Å².